The van der Waals surface area contributed by atoms with E-state index < -0.39 is 41.4 Å². The monoisotopic (exact) mass is 470 g/mol. The maximum atomic E-state index is 13.1. The molecule has 0 aliphatic carbocycles. The fourth-order valence-corrected chi connectivity index (χ4v) is 3.19. The van der Waals surface area contributed by atoms with Crippen LogP contribution >= 0.6 is 0 Å². The maximum Gasteiger partial charge on any atom is 0.243 e. The Morgan fingerprint density at radius 2 is 1.71 bits per heavy atom. The number of hydrogen-bond acceptors (Lipinski definition) is 6. The van der Waals surface area contributed by atoms with Gasteiger partial charge in [-0.15, -0.1) is 0 Å². The zero-order chi connectivity index (χ0) is 25.1. The van der Waals surface area contributed by atoms with Crippen molar-refractivity contribution in [3.63, 3.8) is 0 Å². The van der Waals surface area contributed by atoms with Crippen LogP contribution in [0.1, 0.15) is 30.9 Å². The first kappa shape index (κ1) is 26.2. The lowest BCUT2D eigenvalue weighted by atomic mass is 10.0. The lowest BCUT2D eigenvalue weighted by molar-refractivity contribution is -0.132. The number of ketones is 1. The van der Waals surface area contributed by atoms with Crippen molar-refractivity contribution in [1.82, 2.24) is 16.0 Å². The van der Waals surface area contributed by atoms with Gasteiger partial charge in [0.25, 0.3) is 0 Å². The van der Waals surface area contributed by atoms with Crippen molar-refractivity contribution in [2.45, 2.75) is 44.8 Å². The molecule has 2 atom stereocenters. The number of benzene rings is 2. The second-order valence-electron chi connectivity index (χ2n) is 7.68. The molecule has 2 aromatic carbocycles. The second kappa shape index (κ2) is 12.8. The Bertz CT molecular complexity index is 1040. The van der Waals surface area contributed by atoms with Gasteiger partial charge in [0.15, 0.2) is 5.78 Å². The summed E-state index contributed by atoms with van der Waals surface area (Å²) in [5.41, 5.74) is 1.22. The molecule has 0 saturated carbocycles. The second-order valence-corrected chi connectivity index (χ2v) is 7.68. The minimum atomic E-state index is -1.11. The summed E-state index contributed by atoms with van der Waals surface area (Å²) in [6.07, 6.45) is 0.490. The van der Waals surface area contributed by atoms with Gasteiger partial charge in [-0.05, 0) is 41.8 Å². The highest BCUT2D eigenvalue weighted by atomic mass is 19.1. The van der Waals surface area contributed by atoms with Crippen LogP contribution in [-0.2, 0) is 32.1 Å². The number of carbonyl (C=O) groups excluding carboxylic acids is 4. The van der Waals surface area contributed by atoms with Crippen LogP contribution in [0.3, 0.4) is 0 Å². The van der Waals surface area contributed by atoms with Gasteiger partial charge in [-0.3, -0.25) is 19.2 Å². The normalized spacial score (nSPS) is 12.2. The van der Waals surface area contributed by atoms with Crippen molar-refractivity contribution in [2.24, 2.45) is 0 Å². The van der Waals surface area contributed by atoms with Gasteiger partial charge in [0, 0.05) is 26.3 Å². The van der Waals surface area contributed by atoms with E-state index >= 15 is 0 Å². The molecule has 34 heavy (non-hydrogen) atoms. The molecular weight excluding hydrogens is 443 g/mol. The Hall–Kier alpha value is -4.08. The largest absolute Gasteiger partial charge is 0.508 e. The molecule has 3 amide bonds. The first-order chi connectivity index (χ1) is 16.2. The van der Waals surface area contributed by atoms with Gasteiger partial charge in [0.1, 0.15) is 23.7 Å². The maximum absolute atomic E-state index is 13.1. The SMILES string of the molecule is CC(=O)N[C@@H](Cc1cccc(O)c1)C(=O)N[C@@H](CCC(=O)C=N)C(=O)NCc1ccc(F)cc1. The third kappa shape index (κ3) is 8.81. The molecule has 0 saturated heterocycles. The molecule has 180 valence electrons. The van der Waals surface area contributed by atoms with Crippen LogP contribution in [0.15, 0.2) is 48.5 Å². The summed E-state index contributed by atoms with van der Waals surface area (Å²) < 4.78 is 13.1. The van der Waals surface area contributed by atoms with Crippen molar-refractivity contribution in [3.8, 4) is 5.75 Å². The Kier molecular flexibility index (Phi) is 9.88. The van der Waals surface area contributed by atoms with Crippen LogP contribution in [0.2, 0.25) is 0 Å². The van der Waals surface area contributed by atoms with Crippen LogP contribution in [0.4, 0.5) is 4.39 Å². The van der Waals surface area contributed by atoms with Gasteiger partial charge in [-0.25, -0.2) is 4.39 Å². The molecule has 2 aromatic rings. The number of phenols is 1. The predicted octanol–water partition coefficient (Wildman–Crippen LogP) is 1.38. The molecule has 0 unspecified atom stereocenters. The zero-order valence-electron chi connectivity index (χ0n) is 18.6. The van der Waals surface area contributed by atoms with Crippen LogP contribution in [0, 0.1) is 11.2 Å². The molecule has 0 bridgehead atoms. The smallest absolute Gasteiger partial charge is 0.243 e. The van der Waals surface area contributed by atoms with Gasteiger partial charge in [-0.2, -0.15) is 0 Å². The summed E-state index contributed by atoms with van der Waals surface area (Å²) in [4.78, 5) is 49.0. The Balaban J connectivity index is 2.13. The number of nitrogens with one attached hydrogen (secondary N) is 4. The van der Waals surface area contributed by atoms with Crippen molar-refractivity contribution < 1.29 is 28.7 Å². The van der Waals surface area contributed by atoms with E-state index in [2.05, 4.69) is 16.0 Å². The molecule has 0 aliphatic rings. The number of halogens is 1. The molecule has 0 fully saturated rings. The summed E-state index contributed by atoms with van der Waals surface area (Å²) in [6, 6.07) is 9.57. The van der Waals surface area contributed by atoms with Gasteiger partial charge >= 0.3 is 0 Å². The number of amides is 3. The molecule has 5 N–H and O–H groups in total. The highest BCUT2D eigenvalue weighted by molar-refractivity contribution is 6.26. The van der Waals surface area contributed by atoms with Crippen molar-refractivity contribution >= 4 is 29.7 Å². The number of aromatic hydroxyl groups is 1. The first-order valence-corrected chi connectivity index (χ1v) is 10.6. The van der Waals surface area contributed by atoms with Gasteiger partial charge < -0.3 is 26.5 Å². The lowest BCUT2D eigenvalue weighted by Crippen LogP contribution is -2.54. The van der Waals surface area contributed by atoms with Crippen LogP contribution in [0.25, 0.3) is 0 Å². The van der Waals surface area contributed by atoms with Gasteiger partial charge in [0.2, 0.25) is 17.7 Å². The minimum absolute atomic E-state index is 0.00249. The Morgan fingerprint density at radius 1 is 1.00 bits per heavy atom. The molecule has 10 heteroatoms. The number of carbonyl (C=O) groups is 4. The third-order valence-corrected chi connectivity index (χ3v) is 4.90. The fourth-order valence-electron chi connectivity index (χ4n) is 3.19. The van der Waals surface area contributed by atoms with Crippen molar-refractivity contribution in [1.29, 1.82) is 5.41 Å². The standard InChI is InChI=1S/C24H27FN4O5/c1-15(30)28-22(12-17-3-2-4-19(31)11-17)24(34)29-21(10-9-20(32)13-26)23(33)27-14-16-5-7-18(25)8-6-16/h2-8,11,13,21-22,26,31H,9-10,12,14H2,1H3,(H,27,33)(H,28,30)(H,29,34)/t21-,22-/m0/s1. The molecule has 2 rings (SSSR count). The Labute approximate surface area is 196 Å². The van der Waals surface area contributed by atoms with E-state index in [1.807, 2.05) is 0 Å². The molecular formula is C24H27FN4O5. The highest BCUT2D eigenvalue weighted by Crippen LogP contribution is 2.13. The van der Waals surface area contributed by atoms with E-state index in [0.717, 1.165) is 0 Å². The summed E-state index contributed by atoms with van der Waals surface area (Å²) in [7, 11) is 0. The summed E-state index contributed by atoms with van der Waals surface area (Å²) in [6.45, 7) is 1.32. The number of Topliss-reactive ketones (excluding diaryl/α,β-unsaturated/α-hetero) is 1. The number of rotatable bonds is 12. The van der Waals surface area contributed by atoms with Gasteiger partial charge in [-0.1, -0.05) is 24.3 Å². The summed E-state index contributed by atoms with van der Waals surface area (Å²) >= 11 is 0. The van der Waals surface area contributed by atoms with Crippen LogP contribution in [-0.4, -0.2) is 46.9 Å². The number of hydrogen-bond donors (Lipinski definition) is 5. The molecule has 0 aromatic heterocycles. The number of phenolic OH excluding ortho intramolecular Hbond substituents is 1. The van der Waals surface area contributed by atoms with E-state index in [1.54, 1.807) is 12.1 Å². The van der Waals surface area contributed by atoms with E-state index in [9.17, 15) is 28.7 Å². The molecule has 0 spiro atoms. The minimum Gasteiger partial charge on any atom is -0.508 e. The quantitative estimate of drug-likeness (QED) is 0.297. The predicted molar refractivity (Wildman–Crippen MR) is 123 cm³/mol. The van der Waals surface area contributed by atoms with Crippen molar-refractivity contribution in [2.75, 3.05) is 0 Å². The van der Waals surface area contributed by atoms with E-state index in [1.165, 1.54) is 43.3 Å². The van der Waals surface area contributed by atoms with Crippen molar-refractivity contribution in [3.05, 3.63) is 65.5 Å². The molecule has 0 heterocycles. The van der Waals surface area contributed by atoms with Crippen LogP contribution < -0.4 is 16.0 Å². The Morgan fingerprint density at radius 3 is 2.32 bits per heavy atom. The molecule has 0 radical (unpaired) electrons. The first-order valence-electron chi connectivity index (χ1n) is 10.6. The van der Waals surface area contributed by atoms with Gasteiger partial charge in [0.05, 0.1) is 6.21 Å². The van der Waals surface area contributed by atoms with E-state index in [4.69, 9.17) is 5.41 Å². The van der Waals surface area contributed by atoms with Crippen LogP contribution in [0.5, 0.6) is 5.75 Å². The topological polar surface area (TPSA) is 148 Å². The lowest BCUT2D eigenvalue weighted by Gasteiger charge is -2.23. The summed E-state index contributed by atoms with van der Waals surface area (Å²) in [5.74, 6) is -2.61. The molecule has 9 nitrogen and oxygen atoms in total. The van der Waals surface area contributed by atoms with E-state index in [-0.39, 0.29) is 31.6 Å². The third-order valence-electron chi connectivity index (χ3n) is 4.90. The average molecular weight is 471 g/mol. The fraction of sp³-hybridized carbons (Fsp3) is 0.292. The average Bonchev–Trinajstić information content (AvgIpc) is 2.80. The van der Waals surface area contributed by atoms with E-state index in [0.29, 0.717) is 17.3 Å². The summed E-state index contributed by atoms with van der Waals surface area (Å²) in [5, 5.41) is 24.4. The zero-order valence-corrected chi connectivity index (χ0v) is 18.6. The highest BCUT2D eigenvalue weighted by Gasteiger charge is 2.27. The molecule has 0 aliphatic heterocycles.